The Morgan fingerprint density at radius 2 is 1.32 bits per heavy atom. The highest BCUT2D eigenvalue weighted by Crippen LogP contribution is 2.31. The van der Waals surface area contributed by atoms with E-state index in [1.165, 1.54) is 7.11 Å². The molecule has 2 aromatic rings. The Morgan fingerprint density at radius 3 is 1.76 bits per heavy atom. The van der Waals surface area contributed by atoms with Gasteiger partial charge in [-0.05, 0) is 31.2 Å². The van der Waals surface area contributed by atoms with Crippen molar-refractivity contribution in [3.63, 3.8) is 0 Å². The zero-order valence-electron chi connectivity index (χ0n) is 18.2. The minimum absolute atomic E-state index is 0.250. The van der Waals surface area contributed by atoms with E-state index in [9.17, 15) is 14.4 Å². The molecule has 5 atom stereocenters. The van der Waals surface area contributed by atoms with Crippen molar-refractivity contribution < 1.29 is 33.3 Å². The van der Waals surface area contributed by atoms with Crippen LogP contribution in [0.3, 0.4) is 0 Å². The van der Waals surface area contributed by atoms with Crippen LogP contribution >= 0.6 is 34.8 Å². The number of halogens is 3. The molecule has 34 heavy (non-hydrogen) atoms. The van der Waals surface area contributed by atoms with Crippen LogP contribution in [-0.4, -0.2) is 59.4 Å². The molecule has 0 aliphatic carbocycles. The summed E-state index contributed by atoms with van der Waals surface area (Å²) >= 11 is 17.2. The van der Waals surface area contributed by atoms with E-state index in [0.717, 1.165) is 0 Å². The Hall–Kier alpha value is -2.36. The van der Waals surface area contributed by atoms with Crippen molar-refractivity contribution >= 4 is 52.6 Å². The molecule has 0 bridgehead atoms. The molecule has 8 nitrogen and oxygen atoms in total. The molecule has 2 aromatic carbocycles. The second kappa shape index (κ2) is 11.4. The highest BCUT2D eigenvalue weighted by molar-refractivity contribution is 6.76. The molecule has 1 heterocycles. The molecule has 0 unspecified atom stereocenters. The number of benzene rings is 2. The molecule has 1 aliphatic heterocycles. The Balaban J connectivity index is 1.94. The van der Waals surface area contributed by atoms with Crippen molar-refractivity contribution in [1.82, 2.24) is 5.32 Å². The second-order valence-electron chi connectivity index (χ2n) is 7.41. The minimum atomic E-state index is -2.33. The van der Waals surface area contributed by atoms with Crippen LogP contribution in [0.1, 0.15) is 27.6 Å². The molecule has 0 saturated carbocycles. The normalized spacial score (nSPS) is 24.7. The van der Waals surface area contributed by atoms with E-state index in [1.54, 1.807) is 67.6 Å². The van der Waals surface area contributed by atoms with Crippen LogP contribution in [0, 0.1) is 0 Å². The number of methoxy groups -OCH3 is 1. The Kier molecular flexibility index (Phi) is 8.78. The first-order valence-electron chi connectivity index (χ1n) is 10.2. The molecule has 0 aromatic heterocycles. The highest BCUT2D eigenvalue weighted by atomic mass is 35.6. The third kappa shape index (κ3) is 6.40. The predicted octanol–water partition coefficient (Wildman–Crippen LogP) is 3.68. The van der Waals surface area contributed by atoms with Crippen LogP contribution < -0.4 is 5.32 Å². The highest BCUT2D eigenvalue weighted by Gasteiger charge is 2.51. The summed E-state index contributed by atoms with van der Waals surface area (Å²) in [6.45, 7) is 1.61. The van der Waals surface area contributed by atoms with Gasteiger partial charge < -0.3 is 24.3 Å². The molecule has 1 N–H and O–H groups in total. The van der Waals surface area contributed by atoms with Gasteiger partial charge in [0.1, 0.15) is 6.04 Å². The lowest BCUT2D eigenvalue weighted by atomic mass is 9.95. The molecular weight excluding hydrogens is 509 g/mol. The van der Waals surface area contributed by atoms with E-state index in [4.69, 9.17) is 53.8 Å². The number of hydrogen-bond donors (Lipinski definition) is 1. The summed E-state index contributed by atoms with van der Waals surface area (Å²) in [6, 6.07) is 15.2. The lowest BCUT2D eigenvalue weighted by Gasteiger charge is -2.44. The van der Waals surface area contributed by atoms with Gasteiger partial charge in [-0.15, -0.1) is 0 Å². The smallest absolute Gasteiger partial charge is 0.338 e. The molecule has 0 radical (unpaired) electrons. The SMILES string of the molecule is CO[C@@H]1O[C@@H](C)[C@H](OC(=O)c2ccccc2)[C@H](NC(=O)C(Cl)(Cl)Cl)[C@H]1OC(=O)c1ccccc1. The number of ether oxygens (including phenoxy) is 4. The van der Waals surface area contributed by atoms with Gasteiger partial charge in [-0.25, -0.2) is 9.59 Å². The Morgan fingerprint density at radius 1 is 0.853 bits per heavy atom. The van der Waals surface area contributed by atoms with E-state index in [0.29, 0.717) is 0 Å². The third-order valence-electron chi connectivity index (χ3n) is 5.08. The zero-order valence-corrected chi connectivity index (χ0v) is 20.4. The molecule has 1 amide bonds. The lowest BCUT2D eigenvalue weighted by molar-refractivity contribution is -0.260. The lowest BCUT2D eigenvalue weighted by Crippen LogP contribution is -2.66. The van der Waals surface area contributed by atoms with Gasteiger partial charge in [-0.3, -0.25) is 4.79 Å². The van der Waals surface area contributed by atoms with E-state index in [2.05, 4.69) is 5.32 Å². The van der Waals surface area contributed by atoms with Crippen molar-refractivity contribution in [2.24, 2.45) is 0 Å². The molecule has 0 spiro atoms. The summed E-state index contributed by atoms with van der Waals surface area (Å²) in [6.07, 6.45) is -4.28. The van der Waals surface area contributed by atoms with E-state index < -0.39 is 52.3 Å². The van der Waals surface area contributed by atoms with Gasteiger partial charge in [-0.1, -0.05) is 71.2 Å². The van der Waals surface area contributed by atoms with E-state index in [-0.39, 0.29) is 11.1 Å². The molecule has 182 valence electrons. The first kappa shape index (κ1) is 26.2. The maximum absolute atomic E-state index is 12.8. The van der Waals surface area contributed by atoms with Crippen molar-refractivity contribution in [3.05, 3.63) is 71.8 Å². The fourth-order valence-electron chi connectivity index (χ4n) is 3.43. The van der Waals surface area contributed by atoms with Gasteiger partial charge in [0.05, 0.1) is 17.2 Å². The largest absolute Gasteiger partial charge is 0.454 e. The molecule has 1 aliphatic rings. The number of nitrogens with one attached hydrogen (secondary N) is 1. The molecule has 1 fully saturated rings. The standard InChI is InChI=1S/C23H22Cl3NO7/c1-13-17(33-19(28)14-9-5-3-6-10-14)16(27-22(30)23(24,25)26)18(21(31-2)32-13)34-20(29)15-11-7-4-8-12-15/h3-13,16-18,21H,1-2H3,(H,27,30)/t13-,16-,17-,18+,21+/m0/s1. The second-order valence-corrected chi connectivity index (χ2v) is 9.70. The van der Waals surface area contributed by atoms with Crippen LogP contribution in [0.15, 0.2) is 60.7 Å². The maximum atomic E-state index is 12.8. The third-order valence-corrected chi connectivity index (χ3v) is 5.60. The van der Waals surface area contributed by atoms with Gasteiger partial charge >= 0.3 is 11.9 Å². The van der Waals surface area contributed by atoms with E-state index >= 15 is 0 Å². The average molecular weight is 531 g/mol. The molecule has 1 saturated heterocycles. The zero-order chi connectivity index (χ0) is 24.9. The summed E-state index contributed by atoms with van der Waals surface area (Å²) in [5.41, 5.74) is 0.521. The summed E-state index contributed by atoms with van der Waals surface area (Å²) in [5, 5.41) is 2.52. The summed E-state index contributed by atoms with van der Waals surface area (Å²) < 4.78 is 20.2. The Labute approximate surface area is 211 Å². The van der Waals surface area contributed by atoms with Crippen LogP contribution in [0.25, 0.3) is 0 Å². The Bertz CT molecular complexity index is 1000. The van der Waals surface area contributed by atoms with E-state index in [1.807, 2.05) is 0 Å². The van der Waals surface area contributed by atoms with Crippen LogP contribution in [0.5, 0.6) is 0 Å². The number of alkyl halides is 3. The minimum Gasteiger partial charge on any atom is -0.454 e. The fraction of sp³-hybridized carbons (Fsp3) is 0.348. The molecule has 3 rings (SSSR count). The van der Waals surface area contributed by atoms with Gasteiger partial charge in [0.15, 0.2) is 18.5 Å². The summed E-state index contributed by atoms with van der Waals surface area (Å²) in [5.74, 6) is -2.40. The van der Waals surface area contributed by atoms with Crippen molar-refractivity contribution in [2.45, 2.75) is 41.4 Å². The summed E-state index contributed by atoms with van der Waals surface area (Å²) in [7, 11) is 1.34. The average Bonchev–Trinajstić information content (AvgIpc) is 2.82. The number of amides is 1. The topological polar surface area (TPSA) is 100 Å². The van der Waals surface area contributed by atoms with Crippen molar-refractivity contribution in [2.75, 3.05) is 7.11 Å². The number of esters is 2. The quantitative estimate of drug-likeness (QED) is 0.449. The monoisotopic (exact) mass is 529 g/mol. The van der Waals surface area contributed by atoms with Gasteiger partial charge in [0.25, 0.3) is 9.70 Å². The van der Waals surface area contributed by atoms with Gasteiger partial charge in [0.2, 0.25) is 0 Å². The number of rotatable bonds is 6. The fourth-order valence-corrected chi connectivity index (χ4v) is 3.60. The maximum Gasteiger partial charge on any atom is 0.338 e. The predicted molar refractivity (Wildman–Crippen MR) is 125 cm³/mol. The van der Waals surface area contributed by atoms with Crippen LogP contribution in [0.2, 0.25) is 0 Å². The van der Waals surface area contributed by atoms with Gasteiger partial charge in [-0.2, -0.15) is 0 Å². The van der Waals surface area contributed by atoms with Gasteiger partial charge in [0, 0.05) is 7.11 Å². The van der Waals surface area contributed by atoms with Crippen LogP contribution in [-0.2, 0) is 23.7 Å². The number of hydrogen-bond acceptors (Lipinski definition) is 7. The van der Waals surface area contributed by atoms with Crippen molar-refractivity contribution in [3.8, 4) is 0 Å². The number of carbonyl (C=O) groups is 3. The first-order valence-corrected chi connectivity index (χ1v) is 11.3. The van der Waals surface area contributed by atoms with Crippen LogP contribution in [0.4, 0.5) is 0 Å². The van der Waals surface area contributed by atoms with Crippen molar-refractivity contribution in [1.29, 1.82) is 0 Å². The summed E-state index contributed by atoms with van der Waals surface area (Å²) in [4.78, 5) is 38.2. The first-order chi connectivity index (χ1) is 16.1. The molecular formula is C23H22Cl3NO7. The number of carbonyl (C=O) groups excluding carboxylic acids is 3. The molecule has 11 heteroatoms.